The van der Waals surface area contributed by atoms with Crippen LogP contribution in [0.1, 0.15) is 11.4 Å². The Morgan fingerprint density at radius 1 is 1.20 bits per heavy atom. The van der Waals surface area contributed by atoms with E-state index >= 15 is 0 Å². The van der Waals surface area contributed by atoms with Gasteiger partial charge in [0.1, 0.15) is 5.82 Å². The molecule has 1 aromatic heterocycles. The van der Waals surface area contributed by atoms with Crippen LogP contribution in [0.15, 0.2) is 40.9 Å². The molecule has 0 saturated heterocycles. The molecular weight excluding hydrogens is 359 g/mol. The monoisotopic (exact) mass is 368 g/mol. The van der Waals surface area contributed by atoms with Gasteiger partial charge in [-0.3, -0.25) is 4.57 Å². The minimum Gasteiger partial charge on any atom is -0.294 e. The smallest absolute Gasteiger partial charge is 0.129 e. The molecule has 0 unspecified atom stereocenters. The van der Waals surface area contributed by atoms with Gasteiger partial charge in [-0.15, -0.1) is 11.6 Å². The van der Waals surface area contributed by atoms with Crippen molar-refractivity contribution >= 4 is 50.2 Å². The third kappa shape index (κ3) is 2.14. The number of hydrogen-bond acceptors (Lipinski definition) is 1. The van der Waals surface area contributed by atoms with Crippen LogP contribution in [-0.2, 0) is 5.88 Å². The highest BCUT2D eigenvalue weighted by molar-refractivity contribution is 9.10. The van der Waals surface area contributed by atoms with E-state index in [1.165, 1.54) is 0 Å². The average molecular weight is 370 g/mol. The molecule has 2 nitrogen and oxygen atoms in total. The summed E-state index contributed by atoms with van der Waals surface area (Å²) in [7, 11) is 0. The van der Waals surface area contributed by atoms with Crippen LogP contribution >= 0.6 is 39.1 Å². The van der Waals surface area contributed by atoms with Crippen LogP contribution in [-0.4, -0.2) is 9.55 Å². The molecule has 0 aliphatic carbocycles. The third-order valence-corrected chi connectivity index (χ3v) is 4.86. The second kappa shape index (κ2) is 5.40. The molecule has 1 heterocycles. The maximum absolute atomic E-state index is 6.20. The zero-order valence-electron chi connectivity index (χ0n) is 10.7. The van der Waals surface area contributed by atoms with Gasteiger partial charge in [0.15, 0.2) is 0 Å². The first-order chi connectivity index (χ1) is 9.63. The number of aromatic nitrogens is 2. The van der Waals surface area contributed by atoms with E-state index in [2.05, 4.69) is 38.5 Å². The van der Waals surface area contributed by atoms with Gasteiger partial charge >= 0.3 is 0 Å². The first-order valence-corrected chi connectivity index (χ1v) is 7.81. The average Bonchev–Trinajstić information content (AvgIpc) is 2.82. The van der Waals surface area contributed by atoms with Crippen LogP contribution in [0.25, 0.3) is 16.7 Å². The van der Waals surface area contributed by atoms with E-state index in [4.69, 9.17) is 23.2 Å². The topological polar surface area (TPSA) is 17.8 Å². The van der Waals surface area contributed by atoms with Crippen molar-refractivity contribution in [3.8, 4) is 5.69 Å². The van der Waals surface area contributed by atoms with Crippen molar-refractivity contribution < 1.29 is 0 Å². The highest BCUT2D eigenvalue weighted by Gasteiger charge is 2.16. The Hall–Kier alpha value is -1.03. The van der Waals surface area contributed by atoms with E-state index < -0.39 is 0 Å². The number of hydrogen-bond donors (Lipinski definition) is 0. The van der Waals surface area contributed by atoms with Crippen LogP contribution in [0, 0.1) is 6.92 Å². The molecule has 3 rings (SSSR count). The van der Waals surface area contributed by atoms with Crippen molar-refractivity contribution in [1.29, 1.82) is 0 Å². The van der Waals surface area contributed by atoms with Crippen LogP contribution in [0.4, 0.5) is 0 Å². The summed E-state index contributed by atoms with van der Waals surface area (Å²) in [5.41, 5.74) is 4.10. The molecule has 5 heteroatoms. The van der Waals surface area contributed by atoms with Gasteiger partial charge in [-0.2, -0.15) is 0 Å². The molecule has 0 bridgehead atoms. The summed E-state index contributed by atoms with van der Waals surface area (Å²) in [5.74, 6) is 1.14. The van der Waals surface area contributed by atoms with Crippen molar-refractivity contribution in [2.75, 3.05) is 0 Å². The number of para-hydroxylation sites is 1. The molecule has 0 amide bonds. The molecule has 102 valence electrons. The minimum atomic E-state index is 0.340. The first-order valence-electron chi connectivity index (χ1n) is 6.10. The summed E-state index contributed by atoms with van der Waals surface area (Å²) in [5, 5.41) is 0.665. The van der Waals surface area contributed by atoms with Gasteiger partial charge in [0.05, 0.1) is 32.1 Å². The molecule has 0 saturated carbocycles. The van der Waals surface area contributed by atoms with Crippen molar-refractivity contribution in [2.24, 2.45) is 0 Å². The highest BCUT2D eigenvalue weighted by atomic mass is 79.9. The molecule has 0 atom stereocenters. The summed E-state index contributed by atoms with van der Waals surface area (Å²) in [6.07, 6.45) is 0. The highest BCUT2D eigenvalue weighted by Crippen LogP contribution is 2.33. The van der Waals surface area contributed by atoms with Gasteiger partial charge in [0.25, 0.3) is 0 Å². The van der Waals surface area contributed by atoms with Crippen LogP contribution in [0.2, 0.25) is 5.02 Å². The number of nitrogens with zero attached hydrogens (tertiary/aromatic N) is 2. The Morgan fingerprint density at radius 2 is 1.95 bits per heavy atom. The molecule has 20 heavy (non-hydrogen) atoms. The number of aryl methyl sites for hydroxylation is 1. The lowest BCUT2D eigenvalue weighted by atomic mass is 10.2. The lowest BCUT2D eigenvalue weighted by molar-refractivity contribution is 0.974. The van der Waals surface area contributed by atoms with Crippen molar-refractivity contribution in [3.63, 3.8) is 0 Å². The molecule has 0 fully saturated rings. The largest absolute Gasteiger partial charge is 0.294 e. The summed E-state index contributed by atoms with van der Waals surface area (Å²) in [6.45, 7) is 2.07. The maximum Gasteiger partial charge on any atom is 0.129 e. The van der Waals surface area contributed by atoms with E-state index in [9.17, 15) is 0 Å². The normalized spacial score (nSPS) is 11.2. The second-order valence-corrected chi connectivity index (χ2v) is 5.98. The molecule has 0 N–H and O–H groups in total. The van der Waals surface area contributed by atoms with E-state index in [-0.39, 0.29) is 0 Å². The summed E-state index contributed by atoms with van der Waals surface area (Å²) in [4.78, 5) is 4.61. The van der Waals surface area contributed by atoms with Crippen LogP contribution in [0.3, 0.4) is 0 Å². The second-order valence-electron chi connectivity index (χ2n) is 4.51. The van der Waals surface area contributed by atoms with Gasteiger partial charge in [-0.1, -0.05) is 29.8 Å². The van der Waals surface area contributed by atoms with E-state index in [0.29, 0.717) is 10.9 Å². The molecular formula is C15H11BrCl2N2. The van der Waals surface area contributed by atoms with E-state index in [1.807, 2.05) is 30.3 Å². The zero-order valence-corrected chi connectivity index (χ0v) is 13.8. The lowest BCUT2D eigenvalue weighted by Crippen LogP contribution is -2.01. The summed E-state index contributed by atoms with van der Waals surface area (Å²) >= 11 is 15.8. The standard InChI is InChI=1S/C15H11BrCl2N2/c1-9-4-2-6-11-15(9)20(13(8-17)19-11)12-7-3-5-10(18)14(12)16/h2-7H,8H2,1H3. The molecule has 0 spiro atoms. The predicted molar refractivity (Wildman–Crippen MR) is 88.1 cm³/mol. The summed E-state index contributed by atoms with van der Waals surface area (Å²) < 4.78 is 2.91. The van der Waals surface area contributed by atoms with Gasteiger partial charge in [-0.05, 0) is 46.6 Å². The fraction of sp³-hybridized carbons (Fsp3) is 0.133. The fourth-order valence-corrected chi connectivity index (χ4v) is 3.15. The number of benzene rings is 2. The Bertz CT molecular complexity index is 796. The maximum atomic E-state index is 6.20. The minimum absolute atomic E-state index is 0.340. The van der Waals surface area contributed by atoms with Crippen molar-refractivity contribution in [3.05, 3.63) is 57.3 Å². The Labute approximate surface area is 135 Å². The number of halogens is 3. The Kier molecular flexibility index (Phi) is 3.76. The molecule has 2 aromatic carbocycles. The number of rotatable bonds is 2. The SMILES string of the molecule is Cc1cccc2nc(CCl)n(-c3cccc(Cl)c3Br)c12. The molecule has 0 aliphatic rings. The zero-order chi connectivity index (χ0) is 14.3. The number of fused-ring (bicyclic) bond motifs is 1. The first kappa shape index (κ1) is 13.9. The third-order valence-electron chi connectivity index (χ3n) is 3.24. The number of alkyl halides is 1. The molecule has 0 aliphatic heterocycles. The predicted octanol–water partition coefficient (Wildman–Crippen LogP) is 5.49. The van der Waals surface area contributed by atoms with Gasteiger partial charge < -0.3 is 0 Å². The molecule has 3 aromatic rings. The van der Waals surface area contributed by atoms with Gasteiger partial charge in [0, 0.05) is 0 Å². The lowest BCUT2D eigenvalue weighted by Gasteiger charge is -2.12. The molecule has 0 radical (unpaired) electrons. The van der Waals surface area contributed by atoms with Gasteiger partial charge in [0.2, 0.25) is 0 Å². The van der Waals surface area contributed by atoms with Crippen LogP contribution in [0.5, 0.6) is 0 Å². The van der Waals surface area contributed by atoms with Crippen LogP contribution < -0.4 is 0 Å². The van der Waals surface area contributed by atoms with Gasteiger partial charge in [-0.25, -0.2) is 4.98 Å². The number of imidazole rings is 1. The fourth-order valence-electron chi connectivity index (χ4n) is 2.36. The van der Waals surface area contributed by atoms with E-state index in [0.717, 1.165) is 32.6 Å². The van der Waals surface area contributed by atoms with Crippen molar-refractivity contribution in [2.45, 2.75) is 12.8 Å². The quantitative estimate of drug-likeness (QED) is 0.546. The Morgan fingerprint density at radius 3 is 2.70 bits per heavy atom. The Balaban J connectivity index is 2.43. The van der Waals surface area contributed by atoms with Crippen molar-refractivity contribution in [1.82, 2.24) is 9.55 Å². The summed E-state index contributed by atoms with van der Waals surface area (Å²) in [6, 6.07) is 11.8. The van der Waals surface area contributed by atoms with E-state index in [1.54, 1.807) is 0 Å².